The summed E-state index contributed by atoms with van der Waals surface area (Å²) in [5.41, 5.74) is 0.630. The molecular weight excluding hydrogens is 271 g/mol. The van der Waals surface area contributed by atoms with Crippen molar-refractivity contribution in [2.75, 3.05) is 0 Å². The molecule has 0 atom stereocenters. The predicted octanol–water partition coefficient (Wildman–Crippen LogP) is 3.76. The van der Waals surface area contributed by atoms with E-state index in [1.54, 1.807) is 12.1 Å². The molecule has 5 heteroatoms. The number of ether oxygens (including phenoxy) is 1. The maximum Gasteiger partial charge on any atom is 0.335 e. The smallest absolute Gasteiger partial charge is 0.335 e. The van der Waals surface area contributed by atoms with Crippen LogP contribution in [0.1, 0.15) is 15.9 Å². The number of halogens is 2. The summed E-state index contributed by atoms with van der Waals surface area (Å²) in [6.45, 7) is 0.0691. The number of hydrogen-bond acceptors (Lipinski definition) is 2. The van der Waals surface area contributed by atoms with Crippen LogP contribution in [0, 0.1) is 5.82 Å². The molecule has 0 bridgehead atoms. The highest BCUT2D eigenvalue weighted by atomic mass is 35.5. The Balaban J connectivity index is 2.12. The zero-order valence-electron chi connectivity index (χ0n) is 9.77. The SMILES string of the molecule is O=C(O)c1cccc(OCc2cc(F)ccc2Cl)c1. The van der Waals surface area contributed by atoms with Gasteiger partial charge in [0.05, 0.1) is 5.56 Å². The molecule has 0 aliphatic heterocycles. The molecule has 0 aliphatic carbocycles. The first-order valence-corrected chi connectivity index (χ1v) is 5.84. The van der Waals surface area contributed by atoms with Crippen LogP contribution in [0.5, 0.6) is 5.75 Å². The van der Waals surface area contributed by atoms with Gasteiger partial charge >= 0.3 is 5.97 Å². The van der Waals surface area contributed by atoms with Gasteiger partial charge in [0.15, 0.2) is 0 Å². The van der Waals surface area contributed by atoms with E-state index < -0.39 is 11.8 Å². The van der Waals surface area contributed by atoms with Gasteiger partial charge in [-0.15, -0.1) is 0 Å². The highest BCUT2D eigenvalue weighted by molar-refractivity contribution is 6.31. The van der Waals surface area contributed by atoms with E-state index >= 15 is 0 Å². The summed E-state index contributed by atoms with van der Waals surface area (Å²) < 4.78 is 18.5. The molecule has 0 amide bonds. The number of hydrogen-bond donors (Lipinski definition) is 1. The van der Waals surface area contributed by atoms with Crippen LogP contribution in [-0.2, 0) is 6.61 Å². The molecule has 19 heavy (non-hydrogen) atoms. The van der Waals surface area contributed by atoms with Gasteiger partial charge in [0.1, 0.15) is 18.2 Å². The summed E-state index contributed by atoms with van der Waals surface area (Å²) in [6.07, 6.45) is 0. The van der Waals surface area contributed by atoms with Crippen molar-refractivity contribution in [1.82, 2.24) is 0 Å². The van der Waals surface area contributed by atoms with E-state index in [0.29, 0.717) is 16.3 Å². The lowest BCUT2D eigenvalue weighted by atomic mass is 10.2. The molecule has 3 nitrogen and oxygen atoms in total. The fourth-order valence-corrected chi connectivity index (χ4v) is 1.71. The molecule has 2 rings (SSSR count). The van der Waals surface area contributed by atoms with Crippen LogP contribution in [0.25, 0.3) is 0 Å². The van der Waals surface area contributed by atoms with Gasteiger partial charge in [-0.25, -0.2) is 9.18 Å². The lowest BCUT2D eigenvalue weighted by Gasteiger charge is -2.08. The van der Waals surface area contributed by atoms with E-state index in [1.165, 1.54) is 30.3 Å². The van der Waals surface area contributed by atoms with Crippen LogP contribution < -0.4 is 4.74 Å². The minimum atomic E-state index is -1.03. The summed E-state index contributed by atoms with van der Waals surface area (Å²) >= 11 is 5.90. The summed E-state index contributed by atoms with van der Waals surface area (Å²) in [6, 6.07) is 10.1. The van der Waals surface area contributed by atoms with Crippen LogP contribution >= 0.6 is 11.6 Å². The third-order valence-electron chi connectivity index (χ3n) is 2.48. The average molecular weight is 281 g/mol. The second kappa shape index (κ2) is 5.71. The van der Waals surface area contributed by atoms with Crippen molar-refractivity contribution in [3.05, 3.63) is 64.4 Å². The summed E-state index contributed by atoms with van der Waals surface area (Å²) in [5, 5.41) is 9.25. The quantitative estimate of drug-likeness (QED) is 0.927. The van der Waals surface area contributed by atoms with Gasteiger partial charge in [-0.1, -0.05) is 17.7 Å². The van der Waals surface area contributed by atoms with Gasteiger partial charge < -0.3 is 9.84 Å². The molecule has 2 aromatic carbocycles. The molecule has 0 saturated heterocycles. The van der Waals surface area contributed by atoms with E-state index in [4.69, 9.17) is 21.4 Å². The zero-order valence-corrected chi connectivity index (χ0v) is 10.5. The molecular formula is C14H10ClFO3. The first-order valence-electron chi connectivity index (χ1n) is 5.46. The van der Waals surface area contributed by atoms with E-state index in [2.05, 4.69) is 0 Å². The van der Waals surface area contributed by atoms with Gasteiger partial charge in [-0.2, -0.15) is 0 Å². The van der Waals surface area contributed by atoms with Crippen molar-refractivity contribution in [3.63, 3.8) is 0 Å². The van der Waals surface area contributed by atoms with E-state index in [9.17, 15) is 9.18 Å². The van der Waals surface area contributed by atoms with Crippen molar-refractivity contribution < 1.29 is 19.0 Å². The lowest BCUT2D eigenvalue weighted by Crippen LogP contribution is -2.00. The van der Waals surface area contributed by atoms with E-state index in [0.717, 1.165) is 0 Å². The van der Waals surface area contributed by atoms with Gasteiger partial charge in [0.2, 0.25) is 0 Å². The minimum Gasteiger partial charge on any atom is -0.489 e. The lowest BCUT2D eigenvalue weighted by molar-refractivity contribution is 0.0696. The molecule has 0 radical (unpaired) electrons. The van der Waals surface area contributed by atoms with Crippen LogP contribution in [0.2, 0.25) is 5.02 Å². The molecule has 0 fully saturated rings. The van der Waals surface area contributed by atoms with Gasteiger partial charge in [0.25, 0.3) is 0 Å². The highest BCUT2D eigenvalue weighted by Gasteiger charge is 2.06. The standard InChI is InChI=1S/C14H10ClFO3/c15-13-5-4-11(16)6-10(13)8-19-12-3-1-2-9(7-12)14(17)18/h1-7H,8H2,(H,17,18). The molecule has 2 aromatic rings. The Morgan fingerprint density at radius 2 is 2.05 bits per heavy atom. The maximum absolute atomic E-state index is 13.1. The number of carbonyl (C=O) groups is 1. The molecule has 0 saturated carbocycles. The second-order valence-corrected chi connectivity index (χ2v) is 4.26. The third kappa shape index (κ3) is 3.45. The Hall–Kier alpha value is -2.07. The van der Waals surface area contributed by atoms with Crippen molar-refractivity contribution in [1.29, 1.82) is 0 Å². The highest BCUT2D eigenvalue weighted by Crippen LogP contribution is 2.20. The number of benzene rings is 2. The van der Waals surface area contributed by atoms with E-state index in [1.807, 2.05) is 0 Å². The van der Waals surface area contributed by atoms with Gasteiger partial charge in [-0.3, -0.25) is 0 Å². The Bertz CT molecular complexity index is 613. The first kappa shape index (κ1) is 13.4. The van der Waals surface area contributed by atoms with Crippen molar-refractivity contribution in [2.24, 2.45) is 0 Å². The topological polar surface area (TPSA) is 46.5 Å². The maximum atomic E-state index is 13.1. The Morgan fingerprint density at radius 3 is 2.79 bits per heavy atom. The normalized spacial score (nSPS) is 10.2. The second-order valence-electron chi connectivity index (χ2n) is 3.86. The largest absolute Gasteiger partial charge is 0.489 e. The molecule has 0 spiro atoms. The van der Waals surface area contributed by atoms with Gasteiger partial charge in [0, 0.05) is 10.6 Å². The van der Waals surface area contributed by atoms with Crippen LogP contribution in [-0.4, -0.2) is 11.1 Å². The van der Waals surface area contributed by atoms with Crippen LogP contribution in [0.4, 0.5) is 4.39 Å². The van der Waals surface area contributed by atoms with E-state index in [-0.39, 0.29) is 12.2 Å². The molecule has 0 aliphatic rings. The Morgan fingerprint density at radius 1 is 1.26 bits per heavy atom. The monoisotopic (exact) mass is 280 g/mol. The molecule has 0 aromatic heterocycles. The number of aromatic carboxylic acids is 1. The first-order chi connectivity index (χ1) is 9.06. The zero-order chi connectivity index (χ0) is 13.8. The molecule has 0 heterocycles. The average Bonchev–Trinajstić information content (AvgIpc) is 2.40. The summed E-state index contributed by atoms with van der Waals surface area (Å²) in [5.74, 6) is -1.04. The van der Waals surface area contributed by atoms with Gasteiger partial charge in [-0.05, 0) is 36.4 Å². The van der Waals surface area contributed by atoms with Crippen LogP contribution in [0.15, 0.2) is 42.5 Å². The molecule has 0 unspecified atom stereocenters. The Kier molecular flexibility index (Phi) is 4.02. The van der Waals surface area contributed by atoms with Crippen molar-refractivity contribution >= 4 is 17.6 Å². The molecule has 1 N–H and O–H groups in total. The minimum absolute atomic E-state index is 0.0691. The van der Waals surface area contributed by atoms with Crippen molar-refractivity contribution in [3.8, 4) is 5.75 Å². The number of rotatable bonds is 4. The predicted molar refractivity (Wildman–Crippen MR) is 69.1 cm³/mol. The Labute approximate surface area is 114 Å². The number of carboxylic acids is 1. The summed E-state index contributed by atoms with van der Waals surface area (Å²) in [7, 11) is 0. The fourth-order valence-electron chi connectivity index (χ4n) is 1.53. The van der Waals surface area contributed by atoms with Crippen LogP contribution in [0.3, 0.4) is 0 Å². The fraction of sp³-hybridized carbons (Fsp3) is 0.0714. The molecule has 98 valence electrons. The summed E-state index contributed by atoms with van der Waals surface area (Å²) in [4.78, 5) is 10.8. The number of carboxylic acid groups (broad SMARTS) is 1. The van der Waals surface area contributed by atoms with Crippen molar-refractivity contribution in [2.45, 2.75) is 6.61 Å². The third-order valence-corrected chi connectivity index (χ3v) is 2.85.